The van der Waals surface area contributed by atoms with Gasteiger partial charge < -0.3 is 19.6 Å². The lowest BCUT2D eigenvalue weighted by molar-refractivity contribution is -0.137. The van der Waals surface area contributed by atoms with E-state index in [4.69, 9.17) is 14.3 Å². The Morgan fingerprint density at radius 1 is 1.53 bits per heavy atom. The van der Waals surface area contributed by atoms with E-state index in [1.165, 1.54) is 6.26 Å². The van der Waals surface area contributed by atoms with Crippen LogP contribution < -0.4 is 5.32 Å². The molecular formula is C12H16BrNO5. The number of carbonyl (C=O) groups is 2. The zero-order valence-electron chi connectivity index (χ0n) is 10.9. The number of ether oxygens (including phenoxy) is 1. The van der Waals surface area contributed by atoms with Crippen LogP contribution in [0.15, 0.2) is 21.2 Å². The fraction of sp³-hybridized carbons (Fsp3) is 0.500. The Bertz CT molecular complexity index is 463. The van der Waals surface area contributed by atoms with Gasteiger partial charge in [0.2, 0.25) is 0 Å². The Hall–Kier alpha value is -1.50. The van der Waals surface area contributed by atoms with E-state index in [1.807, 2.05) is 0 Å². The highest BCUT2D eigenvalue weighted by molar-refractivity contribution is 9.10. The van der Waals surface area contributed by atoms with Crippen molar-refractivity contribution in [1.29, 1.82) is 0 Å². The SMILES string of the molecule is CC(C)(C)OC(=O)N[C@H](CC(=O)O)c1occc1Br. The molecule has 0 saturated carbocycles. The summed E-state index contributed by atoms with van der Waals surface area (Å²) in [4.78, 5) is 22.5. The van der Waals surface area contributed by atoms with Crippen molar-refractivity contribution in [2.24, 2.45) is 0 Å². The molecule has 1 heterocycles. The van der Waals surface area contributed by atoms with E-state index in [9.17, 15) is 9.59 Å². The van der Waals surface area contributed by atoms with E-state index >= 15 is 0 Å². The molecular weight excluding hydrogens is 318 g/mol. The summed E-state index contributed by atoms with van der Waals surface area (Å²) < 4.78 is 10.9. The second-order valence-electron chi connectivity index (χ2n) is 4.93. The third kappa shape index (κ3) is 5.34. The number of carbonyl (C=O) groups excluding carboxylic acids is 1. The highest BCUT2D eigenvalue weighted by Gasteiger charge is 2.25. The van der Waals surface area contributed by atoms with Gasteiger partial charge in [0.1, 0.15) is 17.4 Å². The van der Waals surface area contributed by atoms with Crippen LogP contribution in [0.2, 0.25) is 0 Å². The van der Waals surface area contributed by atoms with Gasteiger partial charge in [-0.3, -0.25) is 4.79 Å². The van der Waals surface area contributed by atoms with Gasteiger partial charge in [-0.1, -0.05) is 0 Å². The van der Waals surface area contributed by atoms with Crippen LogP contribution >= 0.6 is 15.9 Å². The van der Waals surface area contributed by atoms with Gasteiger partial charge in [-0.25, -0.2) is 4.79 Å². The number of aliphatic carboxylic acids is 1. The number of hydrogen-bond donors (Lipinski definition) is 2. The Morgan fingerprint density at radius 2 is 2.16 bits per heavy atom. The molecule has 0 aliphatic rings. The van der Waals surface area contributed by atoms with Gasteiger partial charge in [-0.15, -0.1) is 0 Å². The Morgan fingerprint density at radius 3 is 2.58 bits per heavy atom. The number of carboxylic acid groups (broad SMARTS) is 1. The summed E-state index contributed by atoms with van der Waals surface area (Å²) in [7, 11) is 0. The smallest absolute Gasteiger partial charge is 0.408 e. The molecule has 0 radical (unpaired) electrons. The summed E-state index contributed by atoms with van der Waals surface area (Å²) in [6, 6.07) is 0.831. The molecule has 0 fully saturated rings. The minimum absolute atomic E-state index is 0.300. The van der Waals surface area contributed by atoms with E-state index in [1.54, 1.807) is 26.8 Å². The summed E-state index contributed by atoms with van der Waals surface area (Å²) in [6.07, 6.45) is 0.415. The number of hydrogen-bond acceptors (Lipinski definition) is 4. The van der Waals surface area contributed by atoms with Crippen LogP contribution in [-0.2, 0) is 9.53 Å². The summed E-state index contributed by atoms with van der Waals surface area (Å²) >= 11 is 3.23. The molecule has 0 saturated heterocycles. The van der Waals surface area contributed by atoms with Gasteiger partial charge in [-0.2, -0.15) is 0 Å². The van der Waals surface area contributed by atoms with Crippen LogP contribution in [0.4, 0.5) is 4.79 Å². The molecule has 1 aromatic rings. The van der Waals surface area contributed by atoms with Gasteiger partial charge in [0, 0.05) is 0 Å². The Labute approximate surface area is 119 Å². The average molecular weight is 334 g/mol. The number of furan rings is 1. The van der Waals surface area contributed by atoms with Gasteiger partial charge in [0.25, 0.3) is 0 Å². The number of nitrogens with one attached hydrogen (secondary N) is 1. The average Bonchev–Trinajstić information content (AvgIpc) is 2.59. The predicted molar refractivity (Wildman–Crippen MR) is 70.8 cm³/mol. The van der Waals surface area contributed by atoms with Crippen LogP contribution in [-0.4, -0.2) is 22.8 Å². The molecule has 19 heavy (non-hydrogen) atoms. The number of halogens is 1. The van der Waals surface area contributed by atoms with Gasteiger partial charge in [-0.05, 0) is 42.8 Å². The zero-order chi connectivity index (χ0) is 14.6. The molecule has 0 bridgehead atoms. The standard InChI is InChI=1S/C12H16BrNO5/c1-12(2,3)19-11(17)14-8(6-9(15)16)10-7(13)4-5-18-10/h4-5,8H,6H2,1-3H3,(H,14,17)(H,15,16)/t8-/m1/s1. The molecule has 6 nitrogen and oxygen atoms in total. The highest BCUT2D eigenvalue weighted by Crippen LogP contribution is 2.27. The molecule has 1 rings (SSSR count). The van der Waals surface area contributed by atoms with Crippen molar-refractivity contribution in [1.82, 2.24) is 5.32 Å². The number of amides is 1. The largest absolute Gasteiger partial charge is 0.481 e. The molecule has 1 aromatic heterocycles. The summed E-state index contributed by atoms with van der Waals surface area (Å²) in [5.74, 6) is -0.711. The lowest BCUT2D eigenvalue weighted by Gasteiger charge is -2.22. The van der Waals surface area contributed by atoms with Gasteiger partial charge in [0.15, 0.2) is 0 Å². The minimum atomic E-state index is -1.05. The van der Waals surface area contributed by atoms with Crippen LogP contribution in [0.25, 0.3) is 0 Å². The van der Waals surface area contributed by atoms with Crippen molar-refractivity contribution in [3.63, 3.8) is 0 Å². The molecule has 106 valence electrons. The lowest BCUT2D eigenvalue weighted by Crippen LogP contribution is -2.35. The molecule has 0 aromatic carbocycles. The zero-order valence-corrected chi connectivity index (χ0v) is 12.5. The maximum atomic E-state index is 11.7. The normalized spacial score (nSPS) is 12.8. The maximum absolute atomic E-state index is 11.7. The fourth-order valence-electron chi connectivity index (χ4n) is 1.39. The molecule has 7 heteroatoms. The Kier molecular flexibility index (Phi) is 4.99. The quantitative estimate of drug-likeness (QED) is 0.883. The number of alkyl carbamates (subject to hydrolysis) is 1. The van der Waals surface area contributed by atoms with E-state index in [0.29, 0.717) is 10.2 Å². The highest BCUT2D eigenvalue weighted by atomic mass is 79.9. The van der Waals surface area contributed by atoms with Crippen LogP contribution in [0.1, 0.15) is 39.0 Å². The van der Waals surface area contributed by atoms with Gasteiger partial charge in [0.05, 0.1) is 17.2 Å². The second-order valence-corrected chi connectivity index (χ2v) is 5.78. The molecule has 2 N–H and O–H groups in total. The number of carboxylic acids is 1. The van der Waals surface area contributed by atoms with Crippen molar-refractivity contribution in [3.05, 3.63) is 22.6 Å². The lowest BCUT2D eigenvalue weighted by atomic mass is 10.1. The third-order valence-electron chi connectivity index (χ3n) is 2.03. The van der Waals surface area contributed by atoms with Crippen molar-refractivity contribution in [2.45, 2.75) is 38.8 Å². The Balaban J connectivity index is 2.79. The topological polar surface area (TPSA) is 88.8 Å². The van der Waals surface area contributed by atoms with Crippen molar-refractivity contribution < 1.29 is 23.8 Å². The maximum Gasteiger partial charge on any atom is 0.408 e. The van der Waals surface area contributed by atoms with E-state index in [2.05, 4.69) is 21.2 Å². The molecule has 0 aliphatic carbocycles. The van der Waals surface area contributed by atoms with E-state index in [-0.39, 0.29) is 6.42 Å². The van der Waals surface area contributed by atoms with Crippen LogP contribution in [0.5, 0.6) is 0 Å². The van der Waals surface area contributed by atoms with Crippen molar-refractivity contribution in [2.75, 3.05) is 0 Å². The van der Waals surface area contributed by atoms with E-state index < -0.39 is 23.7 Å². The van der Waals surface area contributed by atoms with E-state index in [0.717, 1.165) is 0 Å². The molecule has 0 aliphatic heterocycles. The monoisotopic (exact) mass is 333 g/mol. The second kappa shape index (κ2) is 6.10. The van der Waals surface area contributed by atoms with Crippen molar-refractivity contribution in [3.8, 4) is 0 Å². The predicted octanol–water partition coefficient (Wildman–Crippen LogP) is 3.08. The summed E-state index contributed by atoms with van der Waals surface area (Å²) in [5.41, 5.74) is -0.655. The molecule has 0 unspecified atom stereocenters. The van der Waals surface area contributed by atoms with Crippen molar-refractivity contribution >= 4 is 28.0 Å². The molecule has 1 atom stereocenters. The van der Waals surface area contributed by atoms with Crippen LogP contribution in [0.3, 0.4) is 0 Å². The molecule has 1 amide bonds. The first-order valence-electron chi connectivity index (χ1n) is 5.63. The third-order valence-corrected chi connectivity index (χ3v) is 2.69. The minimum Gasteiger partial charge on any atom is -0.481 e. The summed E-state index contributed by atoms with van der Waals surface area (Å²) in [6.45, 7) is 5.17. The van der Waals surface area contributed by atoms with Gasteiger partial charge >= 0.3 is 12.1 Å². The number of rotatable bonds is 4. The molecule has 0 spiro atoms. The first-order chi connectivity index (χ1) is 8.69. The first-order valence-corrected chi connectivity index (χ1v) is 6.42. The van der Waals surface area contributed by atoms with Crippen LogP contribution in [0, 0.1) is 0 Å². The fourth-order valence-corrected chi connectivity index (χ4v) is 1.87. The summed E-state index contributed by atoms with van der Waals surface area (Å²) in [5, 5.41) is 11.4. The first kappa shape index (κ1) is 15.6.